The van der Waals surface area contributed by atoms with Crippen molar-refractivity contribution in [2.45, 2.75) is 19.5 Å². The number of H-pyrrole nitrogens is 1. The van der Waals surface area contributed by atoms with Crippen LogP contribution in [0.15, 0.2) is 53.4 Å². The minimum Gasteiger partial charge on any atom is -0.497 e. The fourth-order valence-corrected chi connectivity index (χ4v) is 3.67. The van der Waals surface area contributed by atoms with E-state index in [1.165, 1.54) is 16.5 Å². The summed E-state index contributed by atoms with van der Waals surface area (Å²) in [5.74, 6) is 2.24. The third-order valence-corrected chi connectivity index (χ3v) is 5.14. The van der Waals surface area contributed by atoms with E-state index in [0.29, 0.717) is 11.6 Å². The van der Waals surface area contributed by atoms with Gasteiger partial charge in [0.2, 0.25) is 0 Å². The summed E-state index contributed by atoms with van der Waals surface area (Å²) < 4.78 is 10.8. The van der Waals surface area contributed by atoms with E-state index in [2.05, 4.69) is 33.2 Å². The van der Waals surface area contributed by atoms with Crippen molar-refractivity contribution in [3.8, 4) is 17.3 Å². The maximum atomic E-state index is 5.44. The molecule has 0 fully saturated rings. The lowest BCUT2D eigenvalue weighted by atomic mass is 10.1. The second-order valence-electron chi connectivity index (χ2n) is 6.83. The first kappa shape index (κ1) is 16.1. The number of ether oxygens (including phenoxy) is 1. The first-order valence-electron chi connectivity index (χ1n) is 9.05. The molecule has 0 bridgehead atoms. The Morgan fingerprint density at radius 3 is 3.11 bits per heavy atom. The van der Waals surface area contributed by atoms with Crippen molar-refractivity contribution in [3.05, 3.63) is 65.8 Å². The van der Waals surface area contributed by atoms with E-state index in [1.807, 2.05) is 24.4 Å². The van der Waals surface area contributed by atoms with Gasteiger partial charge in [-0.3, -0.25) is 4.90 Å². The Morgan fingerprint density at radius 1 is 1.30 bits per heavy atom. The zero-order valence-electron chi connectivity index (χ0n) is 15.1. The molecule has 0 saturated carbocycles. The van der Waals surface area contributed by atoms with Gasteiger partial charge in [-0.15, -0.1) is 0 Å². The molecule has 3 aromatic heterocycles. The zero-order valence-corrected chi connectivity index (χ0v) is 15.1. The highest BCUT2D eigenvalue weighted by atomic mass is 16.5. The van der Waals surface area contributed by atoms with Gasteiger partial charge < -0.3 is 14.1 Å². The van der Waals surface area contributed by atoms with Crippen molar-refractivity contribution in [1.82, 2.24) is 19.9 Å². The van der Waals surface area contributed by atoms with Crippen LogP contribution >= 0.6 is 0 Å². The predicted molar refractivity (Wildman–Crippen MR) is 102 cm³/mol. The van der Waals surface area contributed by atoms with Crippen molar-refractivity contribution in [1.29, 1.82) is 0 Å². The fourth-order valence-electron chi connectivity index (χ4n) is 3.67. The summed E-state index contributed by atoms with van der Waals surface area (Å²) in [6.07, 6.45) is 6.64. The monoisotopic (exact) mass is 360 g/mol. The maximum Gasteiger partial charge on any atom is 0.195 e. The second-order valence-corrected chi connectivity index (χ2v) is 6.83. The topological polar surface area (TPSA) is 67.2 Å². The van der Waals surface area contributed by atoms with Crippen LogP contribution in [0.2, 0.25) is 0 Å². The molecule has 6 nitrogen and oxygen atoms in total. The van der Waals surface area contributed by atoms with Gasteiger partial charge in [0.1, 0.15) is 5.75 Å². The molecule has 0 radical (unpaired) electrons. The number of aromatic amines is 1. The standard InChI is InChI=1S/C21H20N4O2/c1-26-16-4-5-18-17(9-16)15(11-22-18)12-25-7-6-14-10-23-21(24-19(14)13-25)20-3-2-8-27-20/h2-5,8-11,22H,6-7,12-13H2,1H3. The Bertz CT molecular complexity index is 1080. The van der Waals surface area contributed by atoms with Crippen LogP contribution in [-0.2, 0) is 19.5 Å². The Kier molecular flexibility index (Phi) is 3.90. The first-order valence-corrected chi connectivity index (χ1v) is 9.05. The average molecular weight is 360 g/mol. The summed E-state index contributed by atoms with van der Waals surface area (Å²) in [6.45, 7) is 2.67. The molecule has 136 valence electrons. The Balaban J connectivity index is 1.40. The van der Waals surface area contributed by atoms with Crippen LogP contribution in [0, 0.1) is 0 Å². The van der Waals surface area contributed by atoms with Crippen molar-refractivity contribution in [3.63, 3.8) is 0 Å². The first-order chi connectivity index (χ1) is 13.3. The minimum atomic E-state index is 0.650. The lowest BCUT2D eigenvalue weighted by Gasteiger charge is -2.27. The number of methoxy groups -OCH3 is 1. The molecular formula is C21H20N4O2. The van der Waals surface area contributed by atoms with Crippen LogP contribution < -0.4 is 4.74 Å². The molecule has 4 aromatic rings. The smallest absolute Gasteiger partial charge is 0.195 e. The summed E-state index contributed by atoms with van der Waals surface area (Å²) in [7, 11) is 1.70. The lowest BCUT2D eigenvalue weighted by Crippen LogP contribution is -2.31. The maximum absolute atomic E-state index is 5.44. The summed E-state index contributed by atoms with van der Waals surface area (Å²) in [6, 6.07) is 9.88. The molecule has 0 saturated heterocycles. The van der Waals surface area contributed by atoms with E-state index in [1.54, 1.807) is 13.4 Å². The molecule has 6 heteroatoms. The molecule has 1 aromatic carbocycles. The van der Waals surface area contributed by atoms with Crippen LogP contribution in [-0.4, -0.2) is 33.5 Å². The summed E-state index contributed by atoms with van der Waals surface area (Å²) in [4.78, 5) is 15.0. The van der Waals surface area contributed by atoms with Gasteiger partial charge in [-0.2, -0.15) is 0 Å². The van der Waals surface area contributed by atoms with E-state index in [-0.39, 0.29) is 0 Å². The van der Waals surface area contributed by atoms with Crippen molar-refractivity contribution < 1.29 is 9.15 Å². The van der Waals surface area contributed by atoms with Gasteiger partial charge in [0.25, 0.3) is 0 Å². The van der Waals surface area contributed by atoms with Crippen LogP contribution in [0.5, 0.6) is 5.75 Å². The quantitative estimate of drug-likeness (QED) is 0.600. The fraction of sp³-hybridized carbons (Fsp3) is 0.238. The molecule has 0 amide bonds. The number of benzene rings is 1. The van der Waals surface area contributed by atoms with Crippen molar-refractivity contribution >= 4 is 10.9 Å². The Hall–Kier alpha value is -3.12. The molecule has 1 aliphatic heterocycles. The molecular weight excluding hydrogens is 340 g/mol. The normalized spacial score (nSPS) is 14.4. The Morgan fingerprint density at radius 2 is 2.26 bits per heavy atom. The molecule has 1 aliphatic rings. The largest absolute Gasteiger partial charge is 0.497 e. The van der Waals surface area contributed by atoms with Crippen LogP contribution in [0.3, 0.4) is 0 Å². The molecule has 27 heavy (non-hydrogen) atoms. The minimum absolute atomic E-state index is 0.650. The second kappa shape index (κ2) is 6.55. The summed E-state index contributed by atoms with van der Waals surface area (Å²) in [5, 5.41) is 1.21. The van der Waals surface area contributed by atoms with E-state index >= 15 is 0 Å². The SMILES string of the molecule is COc1ccc2[nH]cc(CN3CCc4cnc(-c5ccco5)nc4C3)c2c1. The zero-order chi connectivity index (χ0) is 18.2. The number of nitrogens with one attached hydrogen (secondary N) is 1. The third kappa shape index (κ3) is 2.98. The number of nitrogens with zero attached hydrogens (tertiary/aromatic N) is 3. The molecule has 5 rings (SSSR count). The highest BCUT2D eigenvalue weighted by Gasteiger charge is 2.20. The molecule has 0 atom stereocenters. The number of hydrogen-bond acceptors (Lipinski definition) is 5. The van der Waals surface area contributed by atoms with Gasteiger partial charge in [-0.1, -0.05) is 0 Å². The number of rotatable bonds is 4. The van der Waals surface area contributed by atoms with Gasteiger partial charge in [0, 0.05) is 42.9 Å². The average Bonchev–Trinajstić information content (AvgIpc) is 3.37. The van der Waals surface area contributed by atoms with Gasteiger partial charge >= 0.3 is 0 Å². The van der Waals surface area contributed by atoms with Crippen LogP contribution in [0.4, 0.5) is 0 Å². The van der Waals surface area contributed by atoms with E-state index in [0.717, 1.165) is 43.0 Å². The van der Waals surface area contributed by atoms with Gasteiger partial charge in [-0.25, -0.2) is 9.97 Å². The van der Waals surface area contributed by atoms with Crippen molar-refractivity contribution in [2.75, 3.05) is 13.7 Å². The van der Waals surface area contributed by atoms with E-state index in [4.69, 9.17) is 14.1 Å². The molecule has 0 unspecified atom stereocenters. The van der Waals surface area contributed by atoms with Gasteiger partial charge in [0.05, 0.1) is 19.1 Å². The highest BCUT2D eigenvalue weighted by Crippen LogP contribution is 2.27. The van der Waals surface area contributed by atoms with Crippen LogP contribution in [0.1, 0.15) is 16.8 Å². The number of aromatic nitrogens is 3. The molecule has 0 spiro atoms. The summed E-state index contributed by atoms with van der Waals surface area (Å²) >= 11 is 0. The van der Waals surface area contributed by atoms with Gasteiger partial charge in [0.15, 0.2) is 11.6 Å². The van der Waals surface area contributed by atoms with Crippen molar-refractivity contribution in [2.24, 2.45) is 0 Å². The number of fused-ring (bicyclic) bond motifs is 2. The summed E-state index contributed by atoms with van der Waals surface area (Å²) in [5.41, 5.74) is 4.71. The number of hydrogen-bond donors (Lipinski definition) is 1. The molecule has 1 N–H and O–H groups in total. The Labute approximate surface area is 156 Å². The predicted octanol–water partition coefficient (Wildman–Crippen LogP) is 3.78. The lowest BCUT2D eigenvalue weighted by molar-refractivity contribution is 0.242. The molecule has 0 aliphatic carbocycles. The van der Waals surface area contributed by atoms with Crippen LogP contribution in [0.25, 0.3) is 22.5 Å². The third-order valence-electron chi connectivity index (χ3n) is 5.14. The van der Waals surface area contributed by atoms with E-state index < -0.39 is 0 Å². The number of furan rings is 1. The van der Waals surface area contributed by atoms with E-state index in [9.17, 15) is 0 Å². The van der Waals surface area contributed by atoms with Gasteiger partial charge in [-0.05, 0) is 47.9 Å². The highest BCUT2D eigenvalue weighted by molar-refractivity contribution is 5.84. The molecule has 4 heterocycles.